The van der Waals surface area contributed by atoms with Crippen molar-refractivity contribution in [3.63, 3.8) is 0 Å². The highest BCUT2D eigenvalue weighted by molar-refractivity contribution is 7.15. The van der Waals surface area contributed by atoms with Crippen LogP contribution >= 0.6 is 11.3 Å². The number of allylic oxidation sites excluding steroid dienone is 1. The van der Waals surface area contributed by atoms with E-state index in [0.29, 0.717) is 49.3 Å². The van der Waals surface area contributed by atoms with Gasteiger partial charge >= 0.3 is 0 Å². The second-order valence-corrected chi connectivity index (χ2v) is 9.85. The van der Waals surface area contributed by atoms with Crippen molar-refractivity contribution in [3.05, 3.63) is 40.4 Å². The molecule has 2 aromatic rings. The number of nitrogens with one attached hydrogen (secondary N) is 1. The number of anilines is 2. The summed E-state index contributed by atoms with van der Waals surface area (Å²) in [6.45, 7) is 2.93. The molecule has 1 saturated heterocycles. The molecule has 0 radical (unpaired) electrons. The molecule has 32 heavy (non-hydrogen) atoms. The van der Waals surface area contributed by atoms with Gasteiger partial charge in [-0.1, -0.05) is 0 Å². The molecule has 1 spiro atoms. The van der Waals surface area contributed by atoms with Crippen molar-refractivity contribution in [3.8, 4) is 0 Å². The van der Waals surface area contributed by atoms with Gasteiger partial charge in [-0.2, -0.15) is 0 Å². The zero-order valence-corrected chi connectivity index (χ0v) is 18.5. The highest BCUT2D eigenvalue weighted by Crippen LogP contribution is 2.42. The van der Waals surface area contributed by atoms with Crippen molar-refractivity contribution >= 4 is 34.6 Å². The van der Waals surface area contributed by atoms with Crippen LogP contribution in [-0.4, -0.2) is 56.6 Å². The lowest BCUT2D eigenvalue weighted by atomic mass is 9.77. The third kappa shape index (κ3) is 3.71. The molecule has 1 atom stereocenters. The van der Waals surface area contributed by atoms with Crippen molar-refractivity contribution in [2.45, 2.75) is 37.8 Å². The predicted molar refractivity (Wildman–Crippen MR) is 120 cm³/mol. The minimum Gasteiger partial charge on any atom is -0.403 e. The second-order valence-electron chi connectivity index (χ2n) is 8.70. The number of carbonyl (C=O) groups is 2. The van der Waals surface area contributed by atoms with Crippen LogP contribution in [0.1, 0.15) is 35.4 Å². The van der Waals surface area contributed by atoms with E-state index in [1.54, 1.807) is 12.4 Å². The number of nitrogens with zero attached hydrogens (tertiary/aromatic N) is 5. The summed E-state index contributed by atoms with van der Waals surface area (Å²) >= 11 is 1.45. The van der Waals surface area contributed by atoms with E-state index in [4.69, 9.17) is 16.5 Å². The Morgan fingerprint density at radius 1 is 1.34 bits per heavy atom. The largest absolute Gasteiger partial charge is 0.403 e. The number of nitrogen functional groups attached to an aromatic ring is 1. The van der Waals surface area contributed by atoms with Crippen LogP contribution in [0.3, 0.4) is 0 Å². The third-order valence-corrected chi connectivity index (χ3v) is 7.26. The molecule has 168 valence electrons. The van der Waals surface area contributed by atoms with Gasteiger partial charge in [-0.05, 0) is 25.2 Å². The van der Waals surface area contributed by atoms with E-state index in [-0.39, 0.29) is 18.1 Å². The van der Waals surface area contributed by atoms with E-state index < -0.39 is 5.41 Å². The Balaban J connectivity index is 1.49. The van der Waals surface area contributed by atoms with Gasteiger partial charge in [-0.15, -0.1) is 11.3 Å². The van der Waals surface area contributed by atoms with E-state index in [1.807, 2.05) is 0 Å². The first-order chi connectivity index (χ1) is 15.5. The molecule has 5 rings (SSSR count). The number of aldehydes is 1. The van der Waals surface area contributed by atoms with Crippen LogP contribution in [0.2, 0.25) is 0 Å². The highest BCUT2D eigenvalue weighted by atomic mass is 32.1. The van der Waals surface area contributed by atoms with E-state index >= 15 is 0 Å². The molecule has 1 saturated carbocycles. The summed E-state index contributed by atoms with van der Waals surface area (Å²) in [5.41, 5.74) is 12.3. The summed E-state index contributed by atoms with van der Waals surface area (Å²) in [6, 6.07) is 0. The summed E-state index contributed by atoms with van der Waals surface area (Å²) in [5, 5.41) is 3.85. The smallest absolute Gasteiger partial charge is 0.241 e. The lowest BCUT2D eigenvalue weighted by Gasteiger charge is -2.39. The average molecular weight is 455 g/mol. The third-order valence-electron chi connectivity index (χ3n) is 6.45. The Morgan fingerprint density at radius 3 is 2.88 bits per heavy atom. The number of likely N-dealkylation sites (tertiary alicyclic amines) is 1. The Morgan fingerprint density at radius 2 is 2.19 bits per heavy atom. The van der Waals surface area contributed by atoms with Gasteiger partial charge in [0.1, 0.15) is 5.41 Å². The minimum absolute atomic E-state index is 0.146. The molecule has 2 aromatic heterocycles. The Bertz CT molecular complexity index is 1080. The first-order valence-electron chi connectivity index (χ1n) is 10.7. The number of amides is 1. The molecule has 1 aliphatic carbocycles. The number of nitrogens with two attached hydrogens (primary N) is 2. The maximum atomic E-state index is 13.8. The van der Waals surface area contributed by atoms with Gasteiger partial charge in [0.05, 0.1) is 17.9 Å². The standard InChI is InChI=1S/C21H26N8O2S/c22-5-15(11-30)29-9-14-7-26-20(25-6-13-1-2-13)27-17(14)21(18(29)31)3-4-28(12-21)10-16-8-24-19(23)32-16/h5,7-8,11,13H,1-4,6,9-10,12,22H2,(H2,23,24)(H,25,26,27). The summed E-state index contributed by atoms with van der Waals surface area (Å²) in [5.74, 6) is 1.08. The number of fused-ring (bicyclic) bond motifs is 2. The first-order valence-corrected chi connectivity index (χ1v) is 11.6. The fourth-order valence-corrected chi connectivity index (χ4v) is 5.32. The molecule has 5 N–H and O–H groups in total. The molecular formula is C21H26N8O2S. The number of aromatic nitrogens is 3. The summed E-state index contributed by atoms with van der Waals surface area (Å²) in [7, 11) is 0. The van der Waals surface area contributed by atoms with Gasteiger partial charge in [0.2, 0.25) is 11.9 Å². The second kappa shape index (κ2) is 8.14. The fourth-order valence-electron chi connectivity index (χ4n) is 4.59. The molecule has 4 heterocycles. The normalized spacial score (nSPS) is 23.6. The first kappa shape index (κ1) is 20.8. The fraction of sp³-hybridized carbons (Fsp3) is 0.476. The molecule has 3 aliphatic rings. The van der Waals surface area contributed by atoms with E-state index in [2.05, 4.69) is 20.2 Å². The van der Waals surface area contributed by atoms with Crippen LogP contribution in [0.4, 0.5) is 11.1 Å². The molecular weight excluding hydrogens is 428 g/mol. The van der Waals surface area contributed by atoms with E-state index in [0.717, 1.165) is 22.7 Å². The SMILES string of the molecule is NC=C(C=O)N1Cc2cnc(NCC3CC3)nc2C2(CCN(Cc3cnc(N)s3)C2)C1=O. The molecule has 0 bridgehead atoms. The average Bonchev–Trinajstić information content (AvgIpc) is 3.40. The van der Waals surface area contributed by atoms with Crippen LogP contribution in [0, 0.1) is 5.92 Å². The molecule has 10 nitrogen and oxygen atoms in total. The lowest BCUT2D eigenvalue weighted by molar-refractivity contribution is -0.138. The van der Waals surface area contributed by atoms with Gasteiger partial charge in [0, 0.05) is 55.2 Å². The number of hydrogen-bond acceptors (Lipinski definition) is 10. The highest BCUT2D eigenvalue weighted by Gasteiger charge is 2.53. The molecule has 11 heteroatoms. The molecule has 1 unspecified atom stereocenters. The topological polar surface area (TPSA) is 143 Å². The van der Waals surface area contributed by atoms with Crippen molar-refractivity contribution in [1.82, 2.24) is 24.8 Å². The Kier molecular flexibility index (Phi) is 5.30. The van der Waals surface area contributed by atoms with E-state index in [9.17, 15) is 9.59 Å². The maximum Gasteiger partial charge on any atom is 0.241 e. The summed E-state index contributed by atoms with van der Waals surface area (Å²) in [4.78, 5) is 43.5. The van der Waals surface area contributed by atoms with Crippen molar-refractivity contribution < 1.29 is 9.59 Å². The van der Waals surface area contributed by atoms with E-state index in [1.165, 1.54) is 35.3 Å². The van der Waals surface area contributed by atoms with Crippen molar-refractivity contribution in [2.75, 3.05) is 30.7 Å². The van der Waals surface area contributed by atoms with Crippen LogP contribution < -0.4 is 16.8 Å². The van der Waals surface area contributed by atoms with Gasteiger partial charge in [0.15, 0.2) is 11.4 Å². The number of rotatable bonds is 7. The van der Waals surface area contributed by atoms with Gasteiger partial charge in [0.25, 0.3) is 0 Å². The van der Waals surface area contributed by atoms with Gasteiger partial charge in [-0.3, -0.25) is 14.5 Å². The van der Waals surface area contributed by atoms with Crippen LogP contribution in [0.25, 0.3) is 0 Å². The summed E-state index contributed by atoms with van der Waals surface area (Å²) < 4.78 is 0. The zero-order valence-electron chi connectivity index (χ0n) is 17.7. The molecule has 2 aliphatic heterocycles. The molecule has 2 fully saturated rings. The van der Waals surface area contributed by atoms with Crippen molar-refractivity contribution in [1.29, 1.82) is 0 Å². The monoisotopic (exact) mass is 454 g/mol. The zero-order chi connectivity index (χ0) is 22.3. The van der Waals surface area contributed by atoms with Crippen LogP contribution in [0.15, 0.2) is 24.3 Å². The molecule has 0 aromatic carbocycles. The minimum atomic E-state index is -0.861. The Labute approximate surface area is 189 Å². The number of thiazole rings is 1. The Hall–Kier alpha value is -3.05. The maximum absolute atomic E-state index is 13.8. The van der Waals surface area contributed by atoms with Gasteiger partial charge < -0.3 is 21.7 Å². The van der Waals surface area contributed by atoms with Crippen LogP contribution in [0.5, 0.6) is 0 Å². The van der Waals surface area contributed by atoms with Crippen LogP contribution in [-0.2, 0) is 28.1 Å². The quantitative estimate of drug-likeness (QED) is 0.409. The van der Waals surface area contributed by atoms with Crippen molar-refractivity contribution in [2.24, 2.45) is 11.7 Å². The predicted octanol–water partition coefficient (Wildman–Crippen LogP) is 0.822. The summed E-state index contributed by atoms with van der Waals surface area (Å²) in [6.07, 6.45) is 8.40. The van der Waals surface area contributed by atoms with Gasteiger partial charge in [-0.25, -0.2) is 15.0 Å². The number of hydrogen-bond donors (Lipinski definition) is 3. The number of carbonyl (C=O) groups excluding carboxylic acids is 2. The lowest BCUT2D eigenvalue weighted by Crippen LogP contribution is -2.53. The molecule has 1 amide bonds.